The molecule has 1 amide bonds. The first-order chi connectivity index (χ1) is 10.0. The third kappa shape index (κ3) is 4.05. The van der Waals surface area contributed by atoms with Gasteiger partial charge in [0.15, 0.2) is 0 Å². The maximum Gasteiger partial charge on any atom is 0.237 e. The zero-order chi connectivity index (χ0) is 15.3. The van der Waals surface area contributed by atoms with E-state index in [-0.39, 0.29) is 5.91 Å². The van der Waals surface area contributed by atoms with Crippen LogP contribution in [0.25, 0.3) is 0 Å². The molecule has 4 nitrogen and oxygen atoms in total. The fourth-order valence-electron chi connectivity index (χ4n) is 3.20. The number of nitrogens with two attached hydrogens (primary N) is 1. The predicted molar refractivity (Wildman–Crippen MR) is 86.1 cm³/mol. The Labute approximate surface area is 127 Å². The molecule has 2 rings (SSSR count). The van der Waals surface area contributed by atoms with Gasteiger partial charge in [-0.25, -0.2) is 0 Å². The van der Waals surface area contributed by atoms with Gasteiger partial charge in [0.25, 0.3) is 0 Å². The Morgan fingerprint density at radius 2 is 1.90 bits per heavy atom. The van der Waals surface area contributed by atoms with E-state index in [0.717, 1.165) is 38.8 Å². The van der Waals surface area contributed by atoms with Crippen molar-refractivity contribution in [2.75, 3.05) is 27.2 Å². The van der Waals surface area contributed by atoms with E-state index in [9.17, 15) is 4.79 Å². The number of likely N-dealkylation sites (N-methyl/N-ethyl adjacent to an activating group) is 1. The maximum absolute atomic E-state index is 11.9. The van der Waals surface area contributed by atoms with E-state index in [1.165, 1.54) is 5.56 Å². The molecule has 0 radical (unpaired) electrons. The second-order valence-electron chi connectivity index (χ2n) is 6.36. The smallest absolute Gasteiger partial charge is 0.237 e. The molecule has 0 unspecified atom stereocenters. The Morgan fingerprint density at radius 1 is 1.29 bits per heavy atom. The molecule has 0 saturated heterocycles. The van der Waals surface area contributed by atoms with E-state index in [1.54, 1.807) is 0 Å². The number of carbonyl (C=O) groups is 1. The number of amides is 1. The summed E-state index contributed by atoms with van der Waals surface area (Å²) in [7, 11) is 4.07. The highest BCUT2D eigenvalue weighted by molar-refractivity contribution is 5.84. The van der Waals surface area contributed by atoms with E-state index >= 15 is 0 Å². The molecular formula is C17H27N3O. The van der Waals surface area contributed by atoms with Gasteiger partial charge in [-0.05, 0) is 51.3 Å². The van der Waals surface area contributed by atoms with Crippen molar-refractivity contribution in [1.82, 2.24) is 10.2 Å². The minimum atomic E-state index is -0.513. The highest BCUT2D eigenvalue weighted by atomic mass is 16.1. The fraction of sp³-hybridized carbons (Fsp3) is 0.588. The van der Waals surface area contributed by atoms with Crippen molar-refractivity contribution >= 4 is 5.91 Å². The van der Waals surface area contributed by atoms with Gasteiger partial charge in [0, 0.05) is 13.1 Å². The minimum Gasteiger partial charge on any atom is -0.368 e. The molecule has 1 aromatic carbocycles. The molecule has 1 aromatic rings. The van der Waals surface area contributed by atoms with E-state index in [4.69, 9.17) is 5.73 Å². The molecule has 0 aliphatic heterocycles. The summed E-state index contributed by atoms with van der Waals surface area (Å²) in [5.41, 5.74) is 6.55. The number of hydrogen-bond acceptors (Lipinski definition) is 3. The topological polar surface area (TPSA) is 58.4 Å². The monoisotopic (exact) mass is 289 g/mol. The normalized spacial score (nSPS) is 26.0. The Morgan fingerprint density at radius 3 is 2.43 bits per heavy atom. The maximum atomic E-state index is 11.9. The average molecular weight is 289 g/mol. The molecule has 0 spiro atoms. The van der Waals surface area contributed by atoms with Crippen molar-refractivity contribution in [2.45, 2.75) is 37.1 Å². The molecule has 3 N–H and O–H groups in total. The first-order valence-corrected chi connectivity index (χ1v) is 7.78. The van der Waals surface area contributed by atoms with Crippen LogP contribution in [0.15, 0.2) is 30.3 Å². The lowest BCUT2D eigenvalue weighted by Gasteiger charge is -2.39. The van der Waals surface area contributed by atoms with Gasteiger partial charge < -0.3 is 16.0 Å². The lowest BCUT2D eigenvalue weighted by atomic mass is 9.73. The van der Waals surface area contributed by atoms with Crippen molar-refractivity contribution in [2.24, 2.45) is 5.73 Å². The highest BCUT2D eigenvalue weighted by Gasteiger charge is 2.40. The minimum absolute atomic E-state index is 0.201. The van der Waals surface area contributed by atoms with Gasteiger partial charge in [-0.3, -0.25) is 4.79 Å². The van der Waals surface area contributed by atoms with Crippen molar-refractivity contribution in [3.05, 3.63) is 35.9 Å². The zero-order valence-corrected chi connectivity index (χ0v) is 13.1. The first kappa shape index (κ1) is 16.0. The van der Waals surface area contributed by atoms with E-state index in [1.807, 2.05) is 20.2 Å². The van der Waals surface area contributed by atoms with E-state index in [2.05, 4.69) is 34.5 Å². The van der Waals surface area contributed by atoms with E-state index < -0.39 is 5.54 Å². The summed E-state index contributed by atoms with van der Waals surface area (Å²) in [6.45, 7) is 1.71. The Kier molecular flexibility index (Phi) is 5.37. The van der Waals surface area contributed by atoms with Gasteiger partial charge in [-0.2, -0.15) is 0 Å². The molecule has 0 bridgehead atoms. The SMILES string of the molecule is CN(C)CCNC1(C(N)=O)CCC(c2ccccc2)CC1. The summed E-state index contributed by atoms with van der Waals surface area (Å²) in [5, 5.41) is 3.42. The van der Waals surface area contributed by atoms with Crippen LogP contribution >= 0.6 is 0 Å². The molecule has 1 saturated carbocycles. The number of hydrogen-bond donors (Lipinski definition) is 2. The molecule has 1 fully saturated rings. The van der Waals surface area contributed by atoms with Crippen LogP contribution in [-0.2, 0) is 4.79 Å². The van der Waals surface area contributed by atoms with Crippen LogP contribution in [0.1, 0.15) is 37.2 Å². The second kappa shape index (κ2) is 7.05. The number of rotatable bonds is 6. The molecule has 0 aromatic heterocycles. The predicted octanol–water partition coefficient (Wildman–Crippen LogP) is 1.72. The highest BCUT2D eigenvalue weighted by Crippen LogP contribution is 2.37. The summed E-state index contributed by atoms with van der Waals surface area (Å²) in [6, 6.07) is 10.6. The molecule has 0 atom stereocenters. The summed E-state index contributed by atoms with van der Waals surface area (Å²) >= 11 is 0. The van der Waals surface area contributed by atoms with Crippen molar-refractivity contribution < 1.29 is 4.79 Å². The van der Waals surface area contributed by atoms with Crippen LogP contribution in [0.2, 0.25) is 0 Å². The lowest BCUT2D eigenvalue weighted by Crippen LogP contribution is -2.58. The van der Waals surface area contributed by atoms with Crippen molar-refractivity contribution in [1.29, 1.82) is 0 Å². The molecular weight excluding hydrogens is 262 g/mol. The molecule has 1 aliphatic rings. The Hall–Kier alpha value is -1.39. The molecule has 4 heteroatoms. The van der Waals surface area contributed by atoms with Crippen molar-refractivity contribution in [3.63, 3.8) is 0 Å². The van der Waals surface area contributed by atoms with Crippen LogP contribution in [0.4, 0.5) is 0 Å². The summed E-state index contributed by atoms with van der Waals surface area (Å²) in [5.74, 6) is 0.349. The Bertz CT molecular complexity index is 450. The molecule has 0 heterocycles. The third-order valence-electron chi connectivity index (χ3n) is 4.60. The van der Waals surface area contributed by atoms with Crippen LogP contribution < -0.4 is 11.1 Å². The second-order valence-corrected chi connectivity index (χ2v) is 6.36. The van der Waals surface area contributed by atoms with Gasteiger partial charge in [0.05, 0.1) is 5.54 Å². The number of primary amides is 1. The van der Waals surface area contributed by atoms with Gasteiger partial charge in [-0.15, -0.1) is 0 Å². The average Bonchev–Trinajstić information content (AvgIpc) is 2.48. The third-order valence-corrected chi connectivity index (χ3v) is 4.60. The number of nitrogens with one attached hydrogen (secondary N) is 1. The van der Waals surface area contributed by atoms with Crippen LogP contribution in [0.3, 0.4) is 0 Å². The summed E-state index contributed by atoms with van der Waals surface area (Å²) < 4.78 is 0. The van der Waals surface area contributed by atoms with Gasteiger partial charge in [-0.1, -0.05) is 30.3 Å². The molecule has 116 valence electrons. The molecule has 1 aliphatic carbocycles. The zero-order valence-electron chi connectivity index (χ0n) is 13.1. The van der Waals surface area contributed by atoms with Crippen LogP contribution in [-0.4, -0.2) is 43.5 Å². The molecule has 21 heavy (non-hydrogen) atoms. The van der Waals surface area contributed by atoms with Gasteiger partial charge in [0.1, 0.15) is 0 Å². The number of carbonyl (C=O) groups excluding carboxylic acids is 1. The van der Waals surface area contributed by atoms with E-state index in [0.29, 0.717) is 5.92 Å². The number of benzene rings is 1. The van der Waals surface area contributed by atoms with Crippen molar-refractivity contribution in [3.8, 4) is 0 Å². The standard InChI is InChI=1S/C17H27N3O/c1-20(2)13-12-19-17(16(18)21)10-8-15(9-11-17)14-6-4-3-5-7-14/h3-7,15,19H,8-13H2,1-2H3,(H2,18,21). The quantitative estimate of drug-likeness (QED) is 0.838. The number of nitrogens with zero attached hydrogens (tertiary/aromatic N) is 1. The van der Waals surface area contributed by atoms with Gasteiger partial charge >= 0.3 is 0 Å². The van der Waals surface area contributed by atoms with Gasteiger partial charge in [0.2, 0.25) is 5.91 Å². The fourth-order valence-corrected chi connectivity index (χ4v) is 3.20. The first-order valence-electron chi connectivity index (χ1n) is 7.78. The summed E-state index contributed by atoms with van der Waals surface area (Å²) in [4.78, 5) is 14.0. The van der Waals surface area contributed by atoms with Crippen LogP contribution in [0, 0.1) is 0 Å². The Balaban J connectivity index is 1.96. The lowest BCUT2D eigenvalue weighted by molar-refractivity contribution is -0.125. The largest absolute Gasteiger partial charge is 0.368 e. The van der Waals surface area contributed by atoms with Crippen LogP contribution in [0.5, 0.6) is 0 Å². The summed E-state index contributed by atoms with van der Waals surface area (Å²) in [6.07, 6.45) is 3.69.